The van der Waals surface area contributed by atoms with Crippen molar-refractivity contribution in [1.29, 1.82) is 0 Å². The number of thiazole rings is 1. The first-order valence-corrected chi connectivity index (χ1v) is 7.96. The van der Waals surface area contributed by atoms with E-state index in [1.165, 1.54) is 11.3 Å². The Hall–Kier alpha value is -1.60. The normalized spacial score (nSPS) is 21.5. The topological polar surface area (TPSA) is 77.7 Å². The van der Waals surface area contributed by atoms with Crippen molar-refractivity contribution in [2.75, 3.05) is 12.3 Å². The van der Waals surface area contributed by atoms with Gasteiger partial charge >= 0.3 is 6.09 Å². The van der Waals surface area contributed by atoms with Crippen molar-refractivity contribution in [3.8, 4) is 0 Å². The van der Waals surface area contributed by atoms with Crippen LogP contribution in [0.4, 0.5) is 9.93 Å². The van der Waals surface area contributed by atoms with Crippen LogP contribution in [-0.4, -0.2) is 40.0 Å². The standard InChI is InChI=1S/C15H23N3O3S/c1-14(2,3)21-13(19)18-10(9-20-15(18,4)5)6-7-11-8-17-12(16)22-11/h6-8,10H,9H2,1-5H3,(H2,16,17)/b7-6+. The first-order valence-electron chi connectivity index (χ1n) is 7.14. The van der Waals surface area contributed by atoms with Gasteiger partial charge in [-0.25, -0.2) is 9.78 Å². The first-order chi connectivity index (χ1) is 10.1. The minimum Gasteiger partial charge on any atom is -0.444 e. The highest BCUT2D eigenvalue weighted by Gasteiger charge is 2.44. The summed E-state index contributed by atoms with van der Waals surface area (Å²) in [4.78, 5) is 19.0. The molecule has 0 bridgehead atoms. The number of anilines is 1. The van der Waals surface area contributed by atoms with Crippen LogP contribution in [0.1, 0.15) is 39.5 Å². The maximum atomic E-state index is 12.5. The lowest BCUT2D eigenvalue weighted by molar-refractivity contribution is -0.0610. The van der Waals surface area contributed by atoms with Crippen molar-refractivity contribution >= 4 is 28.6 Å². The summed E-state index contributed by atoms with van der Waals surface area (Å²) in [5.41, 5.74) is 4.36. The molecule has 1 aliphatic rings. The summed E-state index contributed by atoms with van der Waals surface area (Å²) in [7, 11) is 0. The number of carbonyl (C=O) groups is 1. The number of ether oxygens (including phenoxy) is 2. The summed E-state index contributed by atoms with van der Waals surface area (Å²) < 4.78 is 11.2. The fraction of sp³-hybridized carbons (Fsp3) is 0.600. The minimum absolute atomic E-state index is 0.187. The molecule has 6 nitrogen and oxygen atoms in total. The molecule has 1 unspecified atom stereocenters. The third-order valence-corrected chi connectivity index (χ3v) is 3.93. The number of nitrogens with zero attached hydrogens (tertiary/aromatic N) is 2. The lowest BCUT2D eigenvalue weighted by Gasteiger charge is -2.34. The number of amides is 1. The maximum Gasteiger partial charge on any atom is 0.413 e. The zero-order chi connectivity index (χ0) is 16.5. The van der Waals surface area contributed by atoms with Gasteiger partial charge in [-0.15, -0.1) is 0 Å². The maximum absolute atomic E-state index is 12.5. The summed E-state index contributed by atoms with van der Waals surface area (Å²) in [6, 6.07) is -0.187. The predicted octanol–water partition coefficient (Wildman–Crippen LogP) is 3.11. The van der Waals surface area contributed by atoms with E-state index in [9.17, 15) is 4.79 Å². The van der Waals surface area contributed by atoms with Gasteiger partial charge in [0.15, 0.2) is 5.13 Å². The van der Waals surface area contributed by atoms with Gasteiger partial charge in [-0.2, -0.15) is 0 Å². The lowest BCUT2D eigenvalue weighted by atomic mass is 10.2. The Kier molecular flexibility index (Phi) is 4.49. The van der Waals surface area contributed by atoms with Crippen LogP contribution in [0.5, 0.6) is 0 Å². The quantitative estimate of drug-likeness (QED) is 0.904. The molecule has 0 aromatic carbocycles. The second kappa shape index (κ2) is 5.89. The average Bonchev–Trinajstić information content (AvgIpc) is 2.87. The first kappa shape index (κ1) is 16.8. The summed E-state index contributed by atoms with van der Waals surface area (Å²) in [6.07, 6.45) is 5.15. The summed E-state index contributed by atoms with van der Waals surface area (Å²) in [5, 5.41) is 0.520. The van der Waals surface area contributed by atoms with E-state index < -0.39 is 11.3 Å². The van der Waals surface area contributed by atoms with Gasteiger partial charge in [0.1, 0.15) is 11.3 Å². The van der Waals surface area contributed by atoms with Gasteiger partial charge in [0.05, 0.1) is 12.6 Å². The average molecular weight is 325 g/mol. The third-order valence-electron chi connectivity index (χ3n) is 3.13. The SMILES string of the molecule is CC(C)(C)OC(=O)N1C(/C=C/c2cnc(N)s2)COC1(C)C. The van der Waals surface area contributed by atoms with Gasteiger partial charge < -0.3 is 15.2 Å². The molecule has 0 radical (unpaired) electrons. The van der Waals surface area contributed by atoms with Crippen LogP contribution < -0.4 is 5.73 Å². The molecular formula is C15H23N3O3S. The van der Waals surface area contributed by atoms with Crippen molar-refractivity contribution in [1.82, 2.24) is 9.88 Å². The van der Waals surface area contributed by atoms with Crippen LogP contribution in [0, 0.1) is 0 Å². The van der Waals surface area contributed by atoms with E-state index in [0.29, 0.717) is 11.7 Å². The van der Waals surface area contributed by atoms with Crippen LogP contribution in [0.15, 0.2) is 12.3 Å². The molecule has 1 aromatic heterocycles. The molecular weight excluding hydrogens is 302 g/mol. The molecule has 1 aliphatic heterocycles. The predicted molar refractivity (Wildman–Crippen MR) is 87.5 cm³/mol. The molecule has 1 aromatic rings. The number of hydrogen-bond donors (Lipinski definition) is 1. The van der Waals surface area contributed by atoms with Crippen molar-refractivity contribution in [2.24, 2.45) is 0 Å². The van der Waals surface area contributed by atoms with Crippen LogP contribution in [0.3, 0.4) is 0 Å². The van der Waals surface area contributed by atoms with Crippen molar-refractivity contribution in [3.63, 3.8) is 0 Å². The highest BCUT2D eigenvalue weighted by molar-refractivity contribution is 7.16. The molecule has 22 heavy (non-hydrogen) atoms. The molecule has 0 saturated carbocycles. The van der Waals surface area contributed by atoms with E-state index in [1.54, 1.807) is 11.1 Å². The number of nitrogen functional groups attached to an aromatic ring is 1. The molecule has 1 saturated heterocycles. The number of hydrogen-bond acceptors (Lipinski definition) is 6. The van der Waals surface area contributed by atoms with Crippen LogP contribution in [0.2, 0.25) is 0 Å². The molecule has 1 amide bonds. The van der Waals surface area contributed by atoms with Crippen LogP contribution >= 0.6 is 11.3 Å². The second-order valence-corrected chi connectivity index (χ2v) is 7.73. The van der Waals surface area contributed by atoms with Crippen molar-refractivity contribution < 1.29 is 14.3 Å². The fourth-order valence-electron chi connectivity index (χ4n) is 2.22. The molecule has 2 heterocycles. The van der Waals surface area contributed by atoms with E-state index in [2.05, 4.69) is 4.98 Å². The van der Waals surface area contributed by atoms with Gasteiger partial charge in [0, 0.05) is 11.1 Å². The van der Waals surface area contributed by atoms with Gasteiger partial charge in [0.2, 0.25) is 0 Å². The number of nitrogens with two attached hydrogens (primary N) is 1. The van der Waals surface area contributed by atoms with Crippen molar-refractivity contribution in [3.05, 3.63) is 17.2 Å². The van der Waals surface area contributed by atoms with Crippen molar-refractivity contribution in [2.45, 2.75) is 52.0 Å². The van der Waals surface area contributed by atoms with Gasteiger partial charge in [-0.3, -0.25) is 4.90 Å². The zero-order valence-electron chi connectivity index (χ0n) is 13.6. The molecule has 0 spiro atoms. The molecule has 7 heteroatoms. The molecule has 2 rings (SSSR count). The zero-order valence-corrected chi connectivity index (χ0v) is 14.4. The summed E-state index contributed by atoms with van der Waals surface area (Å²) in [6.45, 7) is 9.68. The Morgan fingerprint density at radius 1 is 1.59 bits per heavy atom. The highest BCUT2D eigenvalue weighted by atomic mass is 32.1. The molecule has 1 fully saturated rings. The Labute approximate surface area is 134 Å². The number of carbonyl (C=O) groups excluding carboxylic acids is 1. The third kappa shape index (κ3) is 3.98. The van der Waals surface area contributed by atoms with E-state index in [0.717, 1.165) is 4.88 Å². The Bertz CT molecular complexity index is 575. The van der Waals surface area contributed by atoms with Crippen LogP contribution in [0.25, 0.3) is 6.08 Å². The largest absolute Gasteiger partial charge is 0.444 e. The molecule has 122 valence electrons. The van der Waals surface area contributed by atoms with Gasteiger partial charge in [-0.1, -0.05) is 17.4 Å². The lowest BCUT2D eigenvalue weighted by Crippen LogP contribution is -2.49. The molecule has 0 aliphatic carbocycles. The van der Waals surface area contributed by atoms with Crippen LogP contribution in [-0.2, 0) is 9.47 Å². The van der Waals surface area contributed by atoms with Gasteiger partial charge in [-0.05, 0) is 40.7 Å². The van der Waals surface area contributed by atoms with E-state index in [-0.39, 0.29) is 12.1 Å². The van der Waals surface area contributed by atoms with E-state index in [1.807, 2.05) is 46.8 Å². The summed E-state index contributed by atoms with van der Waals surface area (Å²) in [5.74, 6) is 0. The van der Waals surface area contributed by atoms with E-state index >= 15 is 0 Å². The molecule has 1 atom stereocenters. The number of aromatic nitrogens is 1. The Morgan fingerprint density at radius 2 is 2.27 bits per heavy atom. The molecule has 2 N–H and O–H groups in total. The number of rotatable bonds is 2. The smallest absolute Gasteiger partial charge is 0.413 e. The van der Waals surface area contributed by atoms with E-state index in [4.69, 9.17) is 15.2 Å². The monoisotopic (exact) mass is 325 g/mol. The second-order valence-electron chi connectivity index (χ2n) is 6.64. The van der Waals surface area contributed by atoms with Gasteiger partial charge in [0.25, 0.3) is 0 Å². The highest BCUT2D eigenvalue weighted by Crippen LogP contribution is 2.30. The summed E-state index contributed by atoms with van der Waals surface area (Å²) >= 11 is 1.39. The fourth-order valence-corrected chi connectivity index (χ4v) is 2.82. The minimum atomic E-state index is -0.704. The Morgan fingerprint density at radius 3 is 2.82 bits per heavy atom. The Balaban J connectivity index is 2.16.